The quantitative estimate of drug-likeness (QED) is 0.623. The monoisotopic (exact) mass is 341 g/mol. The van der Waals surface area contributed by atoms with Gasteiger partial charge in [0.05, 0.1) is 0 Å². The molecule has 1 unspecified atom stereocenters. The third-order valence-corrected chi connectivity index (χ3v) is 5.19. The van der Waals surface area contributed by atoms with E-state index in [0.717, 1.165) is 38.0 Å². The molecule has 0 fully saturated rings. The van der Waals surface area contributed by atoms with E-state index in [1.54, 1.807) is 0 Å². The van der Waals surface area contributed by atoms with Crippen LogP contribution in [0.15, 0.2) is 18.2 Å². The highest BCUT2D eigenvalue weighted by Crippen LogP contribution is 2.33. The minimum atomic E-state index is 0.101. The van der Waals surface area contributed by atoms with Crippen LogP contribution in [0, 0.1) is 5.92 Å². The molecule has 136 valence electrons. The van der Waals surface area contributed by atoms with E-state index in [9.17, 15) is 4.79 Å². The Bertz CT molecular complexity index is 719. The average molecular weight is 341 g/mol. The lowest BCUT2D eigenvalue weighted by molar-refractivity contribution is -0.116. The number of amides is 1. The number of fused-ring (bicyclic) bond motifs is 3. The number of aromatic amines is 1. The molecular formula is C21H31N3O. The summed E-state index contributed by atoms with van der Waals surface area (Å²) in [6.45, 7) is 6.50. The first kappa shape index (κ1) is 18.0. The van der Waals surface area contributed by atoms with Gasteiger partial charge in [0.2, 0.25) is 5.91 Å². The van der Waals surface area contributed by atoms with Crippen LogP contribution >= 0.6 is 0 Å². The maximum absolute atomic E-state index is 11.9. The molecule has 0 saturated carbocycles. The van der Waals surface area contributed by atoms with Gasteiger partial charge in [0, 0.05) is 28.7 Å². The van der Waals surface area contributed by atoms with Crippen LogP contribution in [0.5, 0.6) is 0 Å². The number of anilines is 1. The fraction of sp³-hybridized carbons (Fsp3) is 0.571. The minimum absolute atomic E-state index is 0.101. The lowest BCUT2D eigenvalue weighted by atomic mass is 9.86. The number of hydrogen-bond acceptors (Lipinski definition) is 2. The van der Waals surface area contributed by atoms with Crippen LogP contribution in [0.2, 0.25) is 0 Å². The van der Waals surface area contributed by atoms with Crippen molar-refractivity contribution in [1.29, 1.82) is 0 Å². The average Bonchev–Trinajstić information content (AvgIpc) is 2.96. The second kappa shape index (κ2) is 8.52. The molecule has 0 spiro atoms. The van der Waals surface area contributed by atoms with E-state index >= 15 is 0 Å². The molecule has 4 nitrogen and oxygen atoms in total. The van der Waals surface area contributed by atoms with E-state index in [1.165, 1.54) is 41.4 Å². The highest BCUT2D eigenvalue weighted by atomic mass is 16.1. The summed E-state index contributed by atoms with van der Waals surface area (Å²) < 4.78 is 0. The first-order chi connectivity index (χ1) is 12.2. The summed E-state index contributed by atoms with van der Waals surface area (Å²) in [5, 5.41) is 7.92. The van der Waals surface area contributed by atoms with Crippen molar-refractivity contribution in [3.8, 4) is 0 Å². The summed E-state index contributed by atoms with van der Waals surface area (Å²) >= 11 is 0. The molecule has 1 aromatic heterocycles. The van der Waals surface area contributed by atoms with Gasteiger partial charge in [0.15, 0.2) is 0 Å². The van der Waals surface area contributed by atoms with Gasteiger partial charge >= 0.3 is 0 Å². The lowest BCUT2D eigenvalue weighted by Crippen LogP contribution is -2.27. The molecule has 1 aliphatic carbocycles. The van der Waals surface area contributed by atoms with Crippen LogP contribution in [-0.4, -0.2) is 24.0 Å². The Hall–Kier alpha value is -1.81. The Morgan fingerprint density at radius 3 is 2.96 bits per heavy atom. The van der Waals surface area contributed by atoms with Crippen LogP contribution < -0.4 is 10.6 Å². The van der Waals surface area contributed by atoms with Crippen molar-refractivity contribution in [3.63, 3.8) is 0 Å². The Kier molecular flexibility index (Phi) is 6.14. The molecular weight excluding hydrogens is 310 g/mol. The molecule has 0 radical (unpaired) electrons. The first-order valence-corrected chi connectivity index (χ1v) is 9.85. The second-order valence-electron chi connectivity index (χ2n) is 7.31. The molecule has 1 amide bonds. The van der Waals surface area contributed by atoms with E-state index in [4.69, 9.17) is 0 Å². The van der Waals surface area contributed by atoms with Gasteiger partial charge in [-0.15, -0.1) is 0 Å². The Balaban J connectivity index is 1.72. The summed E-state index contributed by atoms with van der Waals surface area (Å²) in [6, 6.07) is 6.25. The molecule has 0 aliphatic heterocycles. The Labute approximate surface area is 150 Å². The van der Waals surface area contributed by atoms with Crippen molar-refractivity contribution >= 4 is 22.5 Å². The number of hydrogen-bond donors (Lipinski definition) is 3. The molecule has 3 rings (SSSR count). The summed E-state index contributed by atoms with van der Waals surface area (Å²) in [5.41, 5.74) is 4.95. The predicted octanol–water partition coefficient (Wildman–Crippen LogP) is 4.40. The Morgan fingerprint density at radius 1 is 1.28 bits per heavy atom. The first-order valence-electron chi connectivity index (χ1n) is 9.85. The molecule has 0 bridgehead atoms. The van der Waals surface area contributed by atoms with Crippen LogP contribution in [-0.2, 0) is 17.6 Å². The minimum Gasteiger partial charge on any atom is -0.358 e. The molecule has 4 heteroatoms. The fourth-order valence-corrected chi connectivity index (χ4v) is 3.80. The van der Waals surface area contributed by atoms with Crippen LogP contribution in [0.1, 0.15) is 57.2 Å². The van der Waals surface area contributed by atoms with Crippen molar-refractivity contribution in [1.82, 2.24) is 10.3 Å². The van der Waals surface area contributed by atoms with Crippen molar-refractivity contribution in [2.24, 2.45) is 5.92 Å². The standard InChI is InChI=1S/C21H31N3O/c1-3-5-11-22-14-15-7-9-19-17(12-15)18-13-16(8-10-20(18)24-19)23-21(25)6-4-2/h8,10,13,15,22,24H,3-7,9,11-12,14H2,1-2H3,(H,23,25). The predicted molar refractivity (Wildman–Crippen MR) is 105 cm³/mol. The number of nitrogens with one attached hydrogen (secondary N) is 3. The topological polar surface area (TPSA) is 56.9 Å². The van der Waals surface area contributed by atoms with E-state index < -0.39 is 0 Å². The number of benzene rings is 1. The number of aromatic nitrogens is 1. The molecule has 3 N–H and O–H groups in total. The Morgan fingerprint density at radius 2 is 2.16 bits per heavy atom. The van der Waals surface area contributed by atoms with Crippen molar-refractivity contribution in [3.05, 3.63) is 29.5 Å². The van der Waals surface area contributed by atoms with Crippen LogP contribution in [0.25, 0.3) is 10.9 Å². The number of unbranched alkanes of at least 4 members (excludes halogenated alkanes) is 1. The zero-order valence-corrected chi connectivity index (χ0v) is 15.6. The SMILES string of the molecule is CCCCNCC1CCc2[nH]c3ccc(NC(=O)CCC)cc3c2C1. The number of H-pyrrole nitrogens is 1. The van der Waals surface area contributed by atoms with Gasteiger partial charge in [0.25, 0.3) is 0 Å². The van der Waals surface area contributed by atoms with Crippen molar-refractivity contribution < 1.29 is 4.79 Å². The van der Waals surface area contributed by atoms with E-state index in [-0.39, 0.29) is 5.91 Å². The van der Waals surface area contributed by atoms with Gasteiger partial charge in [-0.3, -0.25) is 4.79 Å². The summed E-state index contributed by atoms with van der Waals surface area (Å²) in [5.74, 6) is 0.811. The second-order valence-corrected chi connectivity index (χ2v) is 7.31. The summed E-state index contributed by atoms with van der Waals surface area (Å²) in [6.07, 6.45) is 7.46. The molecule has 0 saturated heterocycles. The maximum Gasteiger partial charge on any atom is 0.224 e. The van der Waals surface area contributed by atoms with Gasteiger partial charge in [-0.2, -0.15) is 0 Å². The van der Waals surface area contributed by atoms with Crippen molar-refractivity contribution in [2.75, 3.05) is 18.4 Å². The molecule has 2 aromatic rings. The van der Waals surface area contributed by atoms with E-state index in [1.807, 2.05) is 13.0 Å². The van der Waals surface area contributed by atoms with Gasteiger partial charge < -0.3 is 15.6 Å². The molecule has 1 heterocycles. The third kappa shape index (κ3) is 4.43. The van der Waals surface area contributed by atoms with Gasteiger partial charge in [-0.1, -0.05) is 20.3 Å². The van der Waals surface area contributed by atoms with Gasteiger partial charge in [-0.05, 0) is 74.9 Å². The number of carbonyl (C=O) groups excluding carboxylic acids is 1. The van der Waals surface area contributed by atoms with E-state index in [0.29, 0.717) is 12.3 Å². The lowest BCUT2D eigenvalue weighted by Gasteiger charge is -2.23. The zero-order chi connectivity index (χ0) is 17.6. The maximum atomic E-state index is 11.9. The molecule has 1 aliphatic rings. The third-order valence-electron chi connectivity index (χ3n) is 5.19. The van der Waals surface area contributed by atoms with Gasteiger partial charge in [-0.25, -0.2) is 0 Å². The molecule has 1 atom stereocenters. The largest absolute Gasteiger partial charge is 0.358 e. The van der Waals surface area contributed by atoms with Gasteiger partial charge in [0.1, 0.15) is 0 Å². The van der Waals surface area contributed by atoms with Crippen molar-refractivity contribution in [2.45, 2.75) is 58.8 Å². The number of rotatable bonds is 8. The number of carbonyl (C=O) groups is 1. The smallest absolute Gasteiger partial charge is 0.224 e. The highest BCUT2D eigenvalue weighted by Gasteiger charge is 2.22. The number of aryl methyl sites for hydroxylation is 1. The zero-order valence-electron chi connectivity index (χ0n) is 15.6. The normalized spacial score (nSPS) is 16.8. The van der Waals surface area contributed by atoms with Crippen LogP contribution in [0.3, 0.4) is 0 Å². The summed E-state index contributed by atoms with van der Waals surface area (Å²) in [4.78, 5) is 15.5. The fourth-order valence-electron chi connectivity index (χ4n) is 3.80. The highest BCUT2D eigenvalue weighted by molar-refractivity contribution is 5.95. The molecule has 25 heavy (non-hydrogen) atoms. The molecule has 1 aromatic carbocycles. The van der Waals surface area contributed by atoms with Crippen LogP contribution in [0.4, 0.5) is 5.69 Å². The summed E-state index contributed by atoms with van der Waals surface area (Å²) in [7, 11) is 0. The van der Waals surface area contributed by atoms with E-state index in [2.05, 4.69) is 34.7 Å².